The summed E-state index contributed by atoms with van der Waals surface area (Å²) in [6.07, 6.45) is 7.86. The van der Waals surface area contributed by atoms with Crippen LogP contribution in [0.2, 0.25) is 0 Å². The van der Waals surface area contributed by atoms with Crippen LogP contribution in [0.5, 0.6) is 0 Å². The fraction of sp³-hybridized carbons (Fsp3) is 0.933. The van der Waals surface area contributed by atoms with Crippen LogP contribution >= 0.6 is 0 Å². The van der Waals surface area contributed by atoms with Crippen LogP contribution in [0.3, 0.4) is 0 Å². The first kappa shape index (κ1) is 15.5. The molecule has 106 valence electrons. The van der Waals surface area contributed by atoms with E-state index in [0.29, 0.717) is 12.6 Å². The number of esters is 1. The van der Waals surface area contributed by atoms with Gasteiger partial charge in [-0.1, -0.05) is 19.8 Å². The Morgan fingerprint density at radius 2 is 1.89 bits per heavy atom. The van der Waals surface area contributed by atoms with E-state index in [1.165, 1.54) is 45.6 Å². The first-order valence-electron chi connectivity index (χ1n) is 7.31. The van der Waals surface area contributed by atoms with Crippen LogP contribution in [0.15, 0.2) is 0 Å². The third-order valence-electron chi connectivity index (χ3n) is 4.11. The summed E-state index contributed by atoms with van der Waals surface area (Å²) in [5.41, 5.74) is -0.422. The molecule has 0 saturated heterocycles. The van der Waals surface area contributed by atoms with Crippen molar-refractivity contribution in [3.05, 3.63) is 0 Å². The van der Waals surface area contributed by atoms with Gasteiger partial charge in [0.05, 0.1) is 12.5 Å². The number of hydrogen-bond donors (Lipinski definition) is 1. The maximum atomic E-state index is 11.6. The van der Waals surface area contributed by atoms with E-state index in [4.69, 9.17) is 4.74 Å². The predicted octanol–water partition coefficient (Wildman–Crippen LogP) is 3.13. The third-order valence-corrected chi connectivity index (χ3v) is 4.11. The molecule has 1 fully saturated rings. The maximum absolute atomic E-state index is 11.6. The van der Waals surface area contributed by atoms with Gasteiger partial charge in [0.2, 0.25) is 0 Å². The monoisotopic (exact) mass is 255 g/mol. The van der Waals surface area contributed by atoms with Gasteiger partial charge in [0.25, 0.3) is 0 Å². The number of carbonyl (C=O) groups excluding carboxylic acids is 1. The number of methoxy groups -OCH3 is 1. The molecule has 0 heterocycles. The summed E-state index contributed by atoms with van der Waals surface area (Å²) in [6.45, 7) is 6.86. The molecule has 0 aliphatic heterocycles. The van der Waals surface area contributed by atoms with Crippen LogP contribution in [-0.2, 0) is 9.53 Å². The second kappa shape index (κ2) is 7.13. The summed E-state index contributed by atoms with van der Waals surface area (Å²) in [5.74, 6) is 0.802. The Kier molecular flexibility index (Phi) is 6.13. The highest BCUT2D eigenvalue weighted by atomic mass is 16.5. The lowest BCUT2D eigenvalue weighted by molar-refractivity contribution is -0.150. The Labute approximate surface area is 112 Å². The Balaban J connectivity index is 2.27. The van der Waals surface area contributed by atoms with E-state index in [0.717, 1.165) is 5.92 Å². The fourth-order valence-corrected chi connectivity index (χ4v) is 2.81. The molecule has 18 heavy (non-hydrogen) atoms. The van der Waals surface area contributed by atoms with Crippen LogP contribution < -0.4 is 5.32 Å². The standard InChI is InChI=1S/C15H29NO2/c1-5-6-12-7-9-13(10-8-12)16-11-15(2,3)14(17)18-4/h12-13,16H,5-11H2,1-4H3. The van der Waals surface area contributed by atoms with Crippen molar-refractivity contribution in [1.29, 1.82) is 0 Å². The quantitative estimate of drug-likeness (QED) is 0.741. The van der Waals surface area contributed by atoms with E-state index in [1.54, 1.807) is 0 Å². The van der Waals surface area contributed by atoms with Crippen LogP contribution in [-0.4, -0.2) is 25.7 Å². The van der Waals surface area contributed by atoms with Gasteiger partial charge < -0.3 is 10.1 Å². The zero-order valence-corrected chi connectivity index (χ0v) is 12.4. The normalized spacial score (nSPS) is 24.9. The molecule has 0 unspecified atom stereocenters. The lowest BCUT2D eigenvalue weighted by Gasteiger charge is -2.31. The summed E-state index contributed by atoms with van der Waals surface area (Å²) in [6, 6.07) is 0.585. The molecule has 0 aromatic rings. The van der Waals surface area contributed by atoms with Crippen molar-refractivity contribution in [2.75, 3.05) is 13.7 Å². The largest absolute Gasteiger partial charge is 0.469 e. The molecular formula is C15H29NO2. The third kappa shape index (κ3) is 4.60. The van der Waals surface area contributed by atoms with E-state index in [9.17, 15) is 4.79 Å². The van der Waals surface area contributed by atoms with Gasteiger partial charge in [-0.25, -0.2) is 0 Å². The minimum Gasteiger partial charge on any atom is -0.469 e. The second-order valence-corrected chi connectivity index (χ2v) is 6.26. The summed E-state index contributed by atoms with van der Waals surface area (Å²) < 4.78 is 4.82. The molecule has 0 amide bonds. The van der Waals surface area contributed by atoms with Crippen LogP contribution in [0.1, 0.15) is 59.3 Å². The molecule has 1 rings (SSSR count). The zero-order chi connectivity index (χ0) is 13.6. The van der Waals surface area contributed by atoms with Crippen molar-refractivity contribution in [3.63, 3.8) is 0 Å². The molecule has 1 aliphatic carbocycles. The minimum absolute atomic E-state index is 0.130. The maximum Gasteiger partial charge on any atom is 0.312 e. The molecule has 0 spiro atoms. The van der Waals surface area contributed by atoms with Crippen molar-refractivity contribution in [2.24, 2.45) is 11.3 Å². The van der Waals surface area contributed by atoms with Gasteiger partial charge in [0.15, 0.2) is 0 Å². The van der Waals surface area contributed by atoms with Gasteiger partial charge in [0.1, 0.15) is 0 Å². The first-order chi connectivity index (χ1) is 8.49. The number of nitrogens with one attached hydrogen (secondary N) is 1. The lowest BCUT2D eigenvalue weighted by atomic mass is 9.83. The number of rotatable bonds is 6. The molecule has 0 aromatic carbocycles. The molecular weight excluding hydrogens is 226 g/mol. The highest BCUT2D eigenvalue weighted by Crippen LogP contribution is 2.28. The van der Waals surface area contributed by atoms with Gasteiger partial charge in [-0.05, 0) is 45.4 Å². The molecule has 3 nitrogen and oxygen atoms in total. The molecule has 0 bridgehead atoms. The average molecular weight is 255 g/mol. The molecule has 0 aromatic heterocycles. The summed E-state index contributed by atoms with van der Waals surface area (Å²) in [5, 5.41) is 3.54. The molecule has 1 saturated carbocycles. The summed E-state index contributed by atoms with van der Waals surface area (Å²) in [7, 11) is 1.46. The topological polar surface area (TPSA) is 38.3 Å². The van der Waals surface area contributed by atoms with Gasteiger partial charge >= 0.3 is 5.97 Å². The Morgan fingerprint density at radius 3 is 2.39 bits per heavy atom. The SMILES string of the molecule is CCCC1CCC(NCC(C)(C)C(=O)OC)CC1. The second-order valence-electron chi connectivity index (χ2n) is 6.26. The van der Waals surface area contributed by atoms with Crippen LogP contribution in [0.25, 0.3) is 0 Å². The lowest BCUT2D eigenvalue weighted by Crippen LogP contribution is -2.42. The smallest absolute Gasteiger partial charge is 0.312 e. The van der Waals surface area contributed by atoms with Crippen molar-refractivity contribution < 1.29 is 9.53 Å². The summed E-state index contributed by atoms with van der Waals surface area (Å²) >= 11 is 0. The summed E-state index contributed by atoms with van der Waals surface area (Å²) in [4.78, 5) is 11.6. The van der Waals surface area contributed by atoms with E-state index in [2.05, 4.69) is 12.2 Å². The van der Waals surface area contributed by atoms with E-state index >= 15 is 0 Å². The van der Waals surface area contributed by atoms with Gasteiger partial charge in [0, 0.05) is 12.6 Å². The Bertz CT molecular complexity index is 255. The highest BCUT2D eigenvalue weighted by molar-refractivity contribution is 5.76. The number of hydrogen-bond acceptors (Lipinski definition) is 3. The van der Waals surface area contributed by atoms with Crippen molar-refractivity contribution in [3.8, 4) is 0 Å². The van der Waals surface area contributed by atoms with Gasteiger partial charge in [-0.15, -0.1) is 0 Å². The Hall–Kier alpha value is -0.570. The van der Waals surface area contributed by atoms with Gasteiger partial charge in [-0.3, -0.25) is 4.79 Å². The van der Waals surface area contributed by atoms with Crippen LogP contribution in [0.4, 0.5) is 0 Å². The Morgan fingerprint density at radius 1 is 1.28 bits per heavy atom. The van der Waals surface area contributed by atoms with Crippen molar-refractivity contribution >= 4 is 5.97 Å². The van der Waals surface area contributed by atoms with Crippen LogP contribution in [0, 0.1) is 11.3 Å². The zero-order valence-electron chi connectivity index (χ0n) is 12.4. The fourth-order valence-electron chi connectivity index (χ4n) is 2.81. The molecule has 1 aliphatic rings. The van der Waals surface area contributed by atoms with E-state index < -0.39 is 5.41 Å². The number of carbonyl (C=O) groups is 1. The number of ether oxygens (including phenoxy) is 1. The average Bonchev–Trinajstić information content (AvgIpc) is 2.37. The first-order valence-corrected chi connectivity index (χ1v) is 7.31. The van der Waals surface area contributed by atoms with E-state index in [1.807, 2.05) is 13.8 Å². The molecule has 0 radical (unpaired) electrons. The van der Waals surface area contributed by atoms with Crippen molar-refractivity contribution in [2.45, 2.75) is 65.3 Å². The van der Waals surface area contributed by atoms with Gasteiger partial charge in [-0.2, -0.15) is 0 Å². The molecule has 3 heteroatoms. The highest BCUT2D eigenvalue weighted by Gasteiger charge is 2.30. The van der Waals surface area contributed by atoms with E-state index in [-0.39, 0.29) is 5.97 Å². The minimum atomic E-state index is -0.422. The molecule has 1 N–H and O–H groups in total. The predicted molar refractivity (Wildman–Crippen MR) is 74.5 cm³/mol. The van der Waals surface area contributed by atoms with Crippen molar-refractivity contribution in [1.82, 2.24) is 5.32 Å². The molecule has 0 atom stereocenters.